The lowest BCUT2D eigenvalue weighted by molar-refractivity contribution is -0.271. The second kappa shape index (κ2) is 9.84. The van der Waals surface area contributed by atoms with Crippen LogP contribution in [0.5, 0.6) is 34.5 Å². The van der Waals surface area contributed by atoms with Crippen LogP contribution >= 0.6 is 0 Å². The summed E-state index contributed by atoms with van der Waals surface area (Å²) < 4.78 is 15.6. The van der Waals surface area contributed by atoms with Gasteiger partial charge in [0.25, 0.3) is 0 Å². The number of rotatable bonds is 7. The lowest BCUT2D eigenvalue weighted by Crippen LogP contribution is -2.61. The monoisotopic (exact) mass is 496 g/mol. The van der Waals surface area contributed by atoms with E-state index in [1.165, 1.54) is 26.2 Å². The van der Waals surface area contributed by atoms with E-state index < -0.39 is 82.7 Å². The van der Waals surface area contributed by atoms with E-state index in [9.17, 15) is 50.4 Å². The van der Waals surface area contributed by atoms with E-state index in [4.69, 9.17) is 14.2 Å². The van der Waals surface area contributed by atoms with Gasteiger partial charge in [0, 0.05) is 23.6 Å². The average molecular weight is 496 g/mol. The topological polar surface area (TPSA) is 224 Å². The Balaban J connectivity index is 1.99. The molecule has 2 aromatic carbocycles. The summed E-state index contributed by atoms with van der Waals surface area (Å²) in [4.78, 5) is 24.3. The third-order valence-electron chi connectivity index (χ3n) is 5.58. The highest BCUT2D eigenvalue weighted by molar-refractivity contribution is 6.05. The van der Waals surface area contributed by atoms with E-state index in [1.54, 1.807) is 0 Å². The number of ketones is 1. The Bertz CT molecular complexity index is 1110. The lowest BCUT2D eigenvalue weighted by Gasteiger charge is -2.38. The molecule has 190 valence electrons. The molecule has 2 aromatic rings. The van der Waals surface area contributed by atoms with Gasteiger partial charge in [-0.05, 0) is 6.07 Å². The highest BCUT2D eigenvalue weighted by atomic mass is 16.7. The van der Waals surface area contributed by atoms with E-state index in [2.05, 4.69) is 0 Å². The number of aliphatic hydroxyl groups is 3. The molecular formula is C22H24O13. The van der Waals surface area contributed by atoms with Crippen molar-refractivity contribution in [3.63, 3.8) is 0 Å². The van der Waals surface area contributed by atoms with Gasteiger partial charge in [0.05, 0.1) is 7.11 Å². The molecule has 1 aliphatic rings. The predicted octanol–water partition coefficient (Wildman–Crippen LogP) is -0.225. The normalized spacial score (nSPS) is 25.0. The zero-order valence-electron chi connectivity index (χ0n) is 18.4. The highest BCUT2D eigenvalue weighted by Crippen LogP contribution is 2.45. The minimum atomic E-state index is -1.97. The molecule has 0 aliphatic carbocycles. The number of hydrogen-bond acceptors (Lipinski definition) is 12. The molecule has 0 bridgehead atoms. The Kier molecular flexibility index (Phi) is 7.26. The Hall–Kier alpha value is -3.78. The zero-order valence-corrected chi connectivity index (χ0v) is 18.4. The molecule has 13 nitrogen and oxygen atoms in total. The maximum absolute atomic E-state index is 13.0. The van der Waals surface area contributed by atoms with E-state index in [-0.39, 0.29) is 11.3 Å². The van der Waals surface area contributed by atoms with Crippen LogP contribution in [0.3, 0.4) is 0 Å². The molecule has 1 fully saturated rings. The number of benzene rings is 2. The number of aliphatic hydroxyl groups excluding tert-OH is 3. The number of phenolic OH excluding ortho intramolecular Hbond substituents is 4. The Labute approximate surface area is 197 Å². The Morgan fingerprint density at radius 3 is 2.11 bits per heavy atom. The van der Waals surface area contributed by atoms with Crippen molar-refractivity contribution in [2.24, 2.45) is 0 Å². The molecule has 1 saturated heterocycles. The number of aliphatic carboxylic acids is 1. The second-order valence-corrected chi connectivity index (χ2v) is 7.83. The van der Waals surface area contributed by atoms with Gasteiger partial charge in [-0.25, -0.2) is 4.79 Å². The molecule has 0 aromatic heterocycles. The fraction of sp³-hybridized carbons (Fsp3) is 0.364. The first-order valence-electron chi connectivity index (χ1n) is 10.2. The number of methoxy groups -OCH3 is 1. The van der Waals surface area contributed by atoms with Gasteiger partial charge in [0.15, 0.2) is 23.4 Å². The van der Waals surface area contributed by atoms with Crippen LogP contribution in [-0.2, 0) is 9.53 Å². The number of ether oxygens (including phenoxy) is 3. The number of carbonyl (C=O) groups excluding carboxylic acids is 1. The smallest absolute Gasteiger partial charge is 0.335 e. The Morgan fingerprint density at radius 2 is 1.57 bits per heavy atom. The van der Waals surface area contributed by atoms with Crippen LogP contribution in [-0.4, -0.2) is 90.4 Å². The number of Topliss-reactive ketones (excluding diaryl/α,β-unsaturated/α-hetero) is 1. The van der Waals surface area contributed by atoms with Crippen molar-refractivity contribution in [3.8, 4) is 34.5 Å². The van der Waals surface area contributed by atoms with Crippen molar-refractivity contribution in [2.45, 2.75) is 43.5 Å². The molecule has 0 amide bonds. The summed E-state index contributed by atoms with van der Waals surface area (Å²) in [5.74, 6) is -6.87. The van der Waals surface area contributed by atoms with E-state index in [0.717, 1.165) is 12.1 Å². The van der Waals surface area contributed by atoms with Gasteiger partial charge < -0.3 is 55.1 Å². The molecule has 0 saturated carbocycles. The number of aromatic hydroxyl groups is 4. The lowest BCUT2D eigenvalue weighted by atomic mass is 9.90. The summed E-state index contributed by atoms with van der Waals surface area (Å²) in [6.45, 7) is 1.34. The fourth-order valence-electron chi connectivity index (χ4n) is 3.67. The van der Waals surface area contributed by atoms with Crippen molar-refractivity contribution in [2.75, 3.05) is 7.11 Å². The number of hydrogen-bond donors (Lipinski definition) is 8. The predicted molar refractivity (Wildman–Crippen MR) is 114 cm³/mol. The van der Waals surface area contributed by atoms with Crippen molar-refractivity contribution >= 4 is 11.8 Å². The van der Waals surface area contributed by atoms with Crippen molar-refractivity contribution in [3.05, 3.63) is 35.4 Å². The number of carbonyl (C=O) groups is 2. The Morgan fingerprint density at radius 1 is 0.971 bits per heavy atom. The molecule has 35 heavy (non-hydrogen) atoms. The first-order chi connectivity index (χ1) is 16.4. The summed E-state index contributed by atoms with van der Waals surface area (Å²) in [5, 5.41) is 79.6. The number of carboxylic acid groups (broad SMARTS) is 1. The average Bonchev–Trinajstić information content (AvgIpc) is 2.78. The van der Waals surface area contributed by atoms with Crippen molar-refractivity contribution < 1.29 is 64.7 Å². The van der Waals surface area contributed by atoms with Crippen LogP contribution in [0.25, 0.3) is 0 Å². The highest BCUT2D eigenvalue weighted by Gasteiger charge is 2.48. The van der Waals surface area contributed by atoms with E-state index in [1.807, 2.05) is 0 Å². The largest absolute Gasteiger partial charge is 0.508 e. The molecule has 0 radical (unpaired) electrons. The summed E-state index contributed by atoms with van der Waals surface area (Å²) in [6.07, 6.45) is -9.70. The summed E-state index contributed by atoms with van der Waals surface area (Å²) in [5.41, 5.74) is -0.598. The summed E-state index contributed by atoms with van der Waals surface area (Å²) in [6, 6.07) is 4.26. The van der Waals surface area contributed by atoms with Gasteiger partial charge >= 0.3 is 5.97 Å². The SMILES string of the molecule is COc1ccc(C(C)C(=O)c2c(O)cc(O)cc2O)c(O)c1OC1OC(C(=O)O)C(O)C(O)C1O. The van der Waals surface area contributed by atoms with Crippen LogP contribution < -0.4 is 9.47 Å². The quantitative estimate of drug-likeness (QED) is 0.232. The summed E-state index contributed by atoms with van der Waals surface area (Å²) in [7, 11) is 1.21. The minimum Gasteiger partial charge on any atom is -0.508 e. The molecule has 3 rings (SSSR count). The molecule has 6 unspecified atom stereocenters. The number of carboxylic acids is 1. The van der Waals surface area contributed by atoms with Gasteiger partial charge in [0.1, 0.15) is 41.1 Å². The first-order valence-corrected chi connectivity index (χ1v) is 10.2. The van der Waals surface area contributed by atoms with Crippen molar-refractivity contribution in [1.82, 2.24) is 0 Å². The third kappa shape index (κ3) is 4.74. The maximum atomic E-state index is 13.0. The second-order valence-electron chi connectivity index (χ2n) is 7.83. The van der Waals surface area contributed by atoms with Crippen LogP contribution in [0.15, 0.2) is 24.3 Å². The molecule has 6 atom stereocenters. The first kappa shape index (κ1) is 25.8. The van der Waals surface area contributed by atoms with Crippen LogP contribution in [0.1, 0.15) is 28.8 Å². The van der Waals surface area contributed by atoms with Gasteiger partial charge in [-0.2, -0.15) is 0 Å². The minimum absolute atomic E-state index is 0.0849. The standard InChI is InChI=1S/C22H24O13/c1-7(14(26)13-10(24)5-8(23)6-11(13)25)9-3-4-12(33-2)19(15(9)27)34-22-18(30)16(28)17(29)20(35-22)21(31)32/h3-7,16-18,20,22-25,27-30H,1-2H3,(H,31,32). The molecule has 8 N–H and O–H groups in total. The van der Waals surface area contributed by atoms with Gasteiger partial charge in [-0.3, -0.25) is 4.79 Å². The van der Waals surface area contributed by atoms with Crippen LogP contribution in [0, 0.1) is 0 Å². The van der Waals surface area contributed by atoms with Gasteiger partial charge in [-0.1, -0.05) is 13.0 Å². The van der Waals surface area contributed by atoms with Gasteiger partial charge in [0.2, 0.25) is 12.0 Å². The number of phenols is 4. The van der Waals surface area contributed by atoms with Crippen LogP contribution in [0.4, 0.5) is 0 Å². The zero-order chi connectivity index (χ0) is 26.2. The third-order valence-corrected chi connectivity index (χ3v) is 5.58. The van der Waals surface area contributed by atoms with Crippen LogP contribution in [0.2, 0.25) is 0 Å². The molecular weight excluding hydrogens is 472 g/mol. The fourth-order valence-corrected chi connectivity index (χ4v) is 3.67. The molecule has 1 heterocycles. The van der Waals surface area contributed by atoms with Crippen molar-refractivity contribution in [1.29, 1.82) is 0 Å². The van der Waals surface area contributed by atoms with E-state index >= 15 is 0 Å². The summed E-state index contributed by atoms with van der Waals surface area (Å²) >= 11 is 0. The van der Waals surface area contributed by atoms with E-state index in [0.29, 0.717) is 0 Å². The molecule has 13 heteroatoms. The van der Waals surface area contributed by atoms with Gasteiger partial charge in [-0.15, -0.1) is 0 Å². The molecule has 1 aliphatic heterocycles. The molecule has 0 spiro atoms. The maximum Gasteiger partial charge on any atom is 0.335 e.